The molecule has 0 aliphatic heterocycles. The Morgan fingerprint density at radius 3 is 2.75 bits per heavy atom. The Balaban J connectivity index is 1.90. The summed E-state index contributed by atoms with van der Waals surface area (Å²) in [4.78, 5) is 8.79. The van der Waals surface area contributed by atoms with Crippen molar-refractivity contribution in [2.24, 2.45) is 0 Å². The SMILES string of the molecule is Cc1nc2c(-c3ccc4[nH]nnc4c3)c(-c3ccc(F)cc3F)nc(N)n2n1. The van der Waals surface area contributed by atoms with Crippen molar-refractivity contribution in [2.45, 2.75) is 6.92 Å². The normalized spacial score (nSPS) is 11.5. The lowest BCUT2D eigenvalue weighted by atomic mass is 9.99. The molecule has 0 saturated heterocycles. The van der Waals surface area contributed by atoms with Crippen molar-refractivity contribution < 1.29 is 8.78 Å². The number of aromatic amines is 1. The molecule has 5 aromatic rings. The van der Waals surface area contributed by atoms with E-state index in [1.54, 1.807) is 19.1 Å². The van der Waals surface area contributed by atoms with Crippen LogP contribution in [0.1, 0.15) is 5.82 Å². The Bertz CT molecular complexity index is 1370. The van der Waals surface area contributed by atoms with Crippen LogP contribution in [0.4, 0.5) is 14.7 Å². The van der Waals surface area contributed by atoms with Crippen molar-refractivity contribution in [3.05, 3.63) is 53.9 Å². The summed E-state index contributed by atoms with van der Waals surface area (Å²) in [6.45, 7) is 1.72. The molecule has 0 unspecified atom stereocenters. The van der Waals surface area contributed by atoms with Crippen molar-refractivity contribution in [2.75, 3.05) is 5.73 Å². The molecule has 2 aromatic carbocycles. The van der Waals surface area contributed by atoms with E-state index in [0.717, 1.165) is 11.6 Å². The largest absolute Gasteiger partial charge is 0.368 e. The molecule has 3 N–H and O–H groups in total. The molecule has 138 valence electrons. The molecule has 28 heavy (non-hydrogen) atoms. The van der Waals surface area contributed by atoms with Gasteiger partial charge in [0.25, 0.3) is 0 Å². The quantitative estimate of drug-likeness (QED) is 0.489. The van der Waals surface area contributed by atoms with E-state index in [9.17, 15) is 8.78 Å². The summed E-state index contributed by atoms with van der Waals surface area (Å²) in [6, 6.07) is 8.68. The third-order valence-electron chi connectivity index (χ3n) is 4.42. The molecule has 5 rings (SSSR count). The summed E-state index contributed by atoms with van der Waals surface area (Å²) in [6.07, 6.45) is 0. The van der Waals surface area contributed by atoms with Gasteiger partial charge in [-0.3, -0.25) is 5.10 Å². The van der Waals surface area contributed by atoms with Crippen LogP contribution < -0.4 is 5.73 Å². The first-order valence-electron chi connectivity index (χ1n) is 8.31. The molecular weight excluding hydrogens is 366 g/mol. The first kappa shape index (κ1) is 16.2. The number of nitrogens with zero attached hydrogens (tertiary/aromatic N) is 6. The van der Waals surface area contributed by atoms with Crippen LogP contribution in [0, 0.1) is 18.6 Å². The lowest BCUT2D eigenvalue weighted by Gasteiger charge is -2.12. The Morgan fingerprint density at radius 2 is 1.93 bits per heavy atom. The highest BCUT2D eigenvalue weighted by atomic mass is 19.1. The highest BCUT2D eigenvalue weighted by molar-refractivity contribution is 5.93. The van der Waals surface area contributed by atoms with Crippen LogP contribution in [0.3, 0.4) is 0 Å². The number of aromatic nitrogens is 7. The number of fused-ring (bicyclic) bond motifs is 2. The van der Waals surface area contributed by atoms with Gasteiger partial charge >= 0.3 is 0 Å². The monoisotopic (exact) mass is 378 g/mol. The van der Waals surface area contributed by atoms with Crippen molar-refractivity contribution in [3.63, 3.8) is 0 Å². The molecular formula is C18H12F2N8. The van der Waals surface area contributed by atoms with Crippen LogP contribution in [-0.4, -0.2) is 35.0 Å². The van der Waals surface area contributed by atoms with E-state index in [2.05, 4.69) is 30.5 Å². The minimum absolute atomic E-state index is 0.0422. The summed E-state index contributed by atoms with van der Waals surface area (Å²) in [5.74, 6) is -0.912. The van der Waals surface area contributed by atoms with Crippen LogP contribution in [-0.2, 0) is 0 Å². The topological polar surface area (TPSA) is 111 Å². The number of rotatable bonds is 2. The highest BCUT2D eigenvalue weighted by Crippen LogP contribution is 2.36. The molecule has 0 spiro atoms. The lowest BCUT2D eigenvalue weighted by Crippen LogP contribution is -2.06. The smallest absolute Gasteiger partial charge is 0.223 e. The first-order valence-corrected chi connectivity index (χ1v) is 8.31. The van der Waals surface area contributed by atoms with Gasteiger partial charge in [-0.1, -0.05) is 11.3 Å². The second kappa shape index (κ2) is 5.78. The molecule has 0 fully saturated rings. The van der Waals surface area contributed by atoms with E-state index in [1.165, 1.54) is 16.6 Å². The summed E-state index contributed by atoms with van der Waals surface area (Å²) in [7, 11) is 0. The summed E-state index contributed by atoms with van der Waals surface area (Å²) in [5.41, 5.74) is 9.32. The van der Waals surface area contributed by atoms with Gasteiger partial charge in [0.2, 0.25) is 5.95 Å². The average Bonchev–Trinajstić information content (AvgIpc) is 3.27. The molecule has 0 radical (unpaired) electrons. The average molecular weight is 378 g/mol. The standard InChI is InChI=1S/C18H12F2N8/c1-8-22-17-15(9-2-5-13-14(6-9)25-27-24-13)16(23-18(21)28(17)26-8)11-4-3-10(19)7-12(11)20/h2-7H,1H3,(H2,21,23)(H,24,25,27). The van der Waals surface area contributed by atoms with Crippen molar-refractivity contribution in [3.8, 4) is 22.4 Å². The zero-order valence-electron chi connectivity index (χ0n) is 14.5. The van der Waals surface area contributed by atoms with E-state index in [4.69, 9.17) is 5.73 Å². The number of halogens is 2. The second-order valence-corrected chi connectivity index (χ2v) is 6.26. The van der Waals surface area contributed by atoms with Gasteiger partial charge in [-0.05, 0) is 36.8 Å². The number of nitrogens with one attached hydrogen (secondary N) is 1. The fraction of sp³-hybridized carbons (Fsp3) is 0.0556. The van der Waals surface area contributed by atoms with Crippen LogP contribution in [0.2, 0.25) is 0 Å². The third kappa shape index (κ3) is 2.38. The Labute approximate surface area is 156 Å². The van der Waals surface area contributed by atoms with Crippen LogP contribution >= 0.6 is 0 Å². The molecule has 0 atom stereocenters. The maximum atomic E-state index is 14.6. The molecule has 0 bridgehead atoms. The number of hydrogen-bond donors (Lipinski definition) is 2. The molecule has 3 heterocycles. The maximum Gasteiger partial charge on any atom is 0.223 e. The van der Waals surface area contributed by atoms with E-state index < -0.39 is 11.6 Å². The van der Waals surface area contributed by atoms with Crippen molar-refractivity contribution in [1.82, 2.24) is 35.0 Å². The molecule has 0 aliphatic carbocycles. The van der Waals surface area contributed by atoms with Gasteiger partial charge in [0, 0.05) is 11.6 Å². The highest BCUT2D eigenvalue weighted by Gasteiger charge is 2.22. The third-order valence-corrected chi connectivity index (χ3v) is 4.42. The van der Waals surface area contributed by atoms with Gasteiger partial charge < -0.3 is 5.73 Å². The number of nitrogens with two attached hydrogens (primary N) is 1. The number of aryl methyl sites for hydroxylation is 1. The molecule has 8 nitrogen and oxygen atoms in total. The molecule has 0 amide bonds. The first-order chi connectivity index (χ1) is 13.5. The van der Waals surface area contributed by atoms with Gasteiger partial charge in [-0.25, -0.2) is 18.7 Å². The minimum Gasteiger partial charge on any atom is -0.368 e. The Morgan fingerprint density at radius 1 is 1.07 bits per heavy atom. The van der Waals surface area contributed by atoms with Gasteiger partial charge in [0.15, 0.2) is 5.65 Å². The maximum absolute atomic E-state index is 14.6. The number of hydrogen-bond acceptors (Lipinski definition) is 6. The fourth-order valence-corrected chi connectivity index (χ4v) is 3.20. The fourth-order valence-electron chi connectivity index (χ4n) is 3.20. The van der Waals surface area contributed by atoms with Crippen molar-refractivity contribution in [1.29, 1.82) is 0 Å². The Kier molecular flexibility index (Phi) is 3.35. The summed E-state index contributed by atoms with van der Waals surface area (Å²) >= 11 is 0. The Hall–Kier alpha value is -3.95. The van der Waals surface area contributed by atoms with E-state index in [1.807, 2.05) is 6.07 Å². The minimum atomic E-state index is -0.753. The molecule has 0 aliphatic rings. The number of anilines is 1. The zero-order chi connectivity index (χ0) is 19.4. The predicted molar refractivity (Wildman–Crippen MR) is 98.2 cm³/mol. The lowest BCUT2D eigenvalue weighted by molar-refractivity contribution is 0.585. The van der Waals surface area contributed by atoms with Crippen LogP contribution in [0.25, 0.3) is 39.1 Å². The summed E-state index contributed by atoms with van der Waals surface area (Å²) < 4.78 is 29.4. The van der Waals surface area contributed by atoms with E-state index >= 15 is 0 Å². The molecule has 0 saturated carbocycles. The van der Waals surface area contributed by atoms with Crippen LogP contribution in [0.15, 0.2) is 36.4 Å². The second-order valence-electron chi connectivity index (χ2n) is 6.26. The van der Waals surface area contributed by atoms with E-state index in [0.29, 0.717) is 28.1 Å². The van der Waals surface area contributed by atoms with Gasteiger partial charge in [-0.15, -0.1) is 10.2 Å². The van der Waals surface area contributed by atoms with E-state index in [-0.39, 0.29) is 17.2 Å². The van der Waals surface area contributed by atoms with Crippen molar-refractivity contribution >= 4 is 22.6 Å². The number of benzene rings is 2. The van der Waals surface area contributed by atoms with Gasteiger partial charge in [0.05, 0.1) is 16.8 Å². The molecule has 10 heteroatoms. The molecule has 3 aromatic heterocycles. The number of nitrogen functional groups attached to an aromatic ring is 1. The zero-order valence-corrected chi connectivity index (χ0v) is 14.5. The van der Waals surface area contributed by atoms with Gasteiger partial charge in [-0.2, -0.15) is 4.52 Å². The number of H-pyrrole nitrogens is 1. The van der Waals surface area contributed by atoms with Crippen LogP contribution in [0.5, 0.6) is 0 Å². The summed E-state index contributed by atoms with van der Waals surface area (Å²) in [5, 5.41) is 14.8. The predicted octanol–water partition coefficient (Wildman–Crippen LogP) is 2.90. The van der Waals surface area contributed by atoms with Gasteiger partial charge in [0.1, 0.15) is 23.0 Å².